The first-order valence-corrected chi connectivity index (χ1v) is 11.7. The average molecular weight is 467 g/mol. The van der Waals surface area contributed by atoms with Gasteiger partial charge in [-0.05, 0) is 68.6 Å². The average Bonchev–Trinajstić information content (AvgIpc) is 3.35. The summed E-state index contributed by atoms with van der Waals surface area (Å²) in [5, 5.41) is -0.0856. The van der Waals surface area contributed by atoms with Crippen molar-refractivity contribution in [3.8, 4) is 11.5 Å². The quantitative estimate of drug-likeness (QED) is 0.522. The summed E-state index contributed by atoms with van der Waals surface area (Å²) in [5.74, 6) is 0.259. The van der Waals surface area contributed by atoms with Gasteiger partial charge in [-0.15, -0.1) is 0 Å². The predicted molar refractivity (Wildman–Crippen MR) is 121 cm³/mol. The molecule has 0 radical (unpaired) electrons. The lowest BCUT2D eigenvalue weighted by Gasteiger charge is -2.19. The van der Waals surface area contributed by atoms with Crippen molar-refractivity contribution in [1.29, 1.82) is 0 Å². The summed E-state index contributed by atoms with van der Waals surface area (Å²) in [4.78, 5) is 40.5. The fraction of sp³-hybridized carbons (Fsp3) is 0.500. The second kappa shape index (κ2) is 10.4. The van der Waals surface area contributed by atoms with Crippen LogP contribution in [0.3, 0.4) is 0 Å². The normalized spacial score (nSPS) is 18.8. The smallest absolute Gasteiger partial charge is 0.294 e. The van der Waals surface area contributed by atoms with Crippen molar-refractivity contribution < 1.29 is 23.9 Å². The first-order chi connectivity index (χ1) is 14.8. The molecule has 2 saturated heterocycles. The van der Waals surface area contributed by atoms with E-state index in [2.05, 4.69) is 0 Å². The van der Waals surface area contributed by atoms with Crippen molar-refractivity contribution in [2.45, 2.75) is 46.1 Å². The molecule has 3 amide bonds. The van der Waals surface area contributed by atoms with Gasteiger partial charge in [0.1, 0.15) is 6.54 Å². The number of halogens is 1. The highest BCUT2D eigenvalue weighted by atomic mass is 35.5. The molecule has 31 heavy (non-hydrogen) atoms. The Bertz CT molecular complexity index is 898. The highest BCUT2D eigenvalue weighted by molar-refractivity contribution is 8.18. The Hall–Kier alpha value is -2.19. The minimum absolute atomic E-state index is 0.0350. The zero-order valence-electron chi connectivity index (χ0n) is 18.0. The topological polar surface area (TPSA) is 76.2 Å². The number of amides is 3. The monoisotopic (exact) mass is 466 g/mol. The maximum atomic E-state index is 12.8. The number of imide groups is 1. The number of carbonyl (C=O) groups excluding carboxylic acids is 3. The molecule has 1 aromatic carbocycles. The number of rotatable bonds is 8. The third-order valence-electron chi connectivity index (χ3n) is 5.15. The molecule has 9 heteroatoms. The number of benzene rings is 1. The lowest BCUT2D eigenvalue weighted by Crippen LogP contribution is -2.40. The molecule has 3 rings (SSSR count). The van der Waals surface area contributed by atoms with Gasteiger partial charge in [-0.1, -0.05) is 18.5 Å². The lowest BCUT2D eigenvalue weighted by atomic mass is 10.1. The Balaban J connectivity index is 1.81. The van der Waals surface area contributed by atoms with E-state index in [0.717, 1.165) is 35.9 Å². The minimum Gasteiger partial charge on any atom is -0.490 e. The van der Waals surface area contributed by atoms with Gasteiger partial charge >= 0.3 is 0 Å². The molecule has 2 heterocycles. The Morgan fingerprint density at radius 3 is 2.61 bits per heavy atom. The molecule has 0 aromatic heterocycles. The maximum absolute atomic E-state index is 12.8. The molecular formula is C22H27ClN2O5S. The van der Waals surface area contributed by atoms with Crippen molar-refractivity contribution in [1.82, 2.24) is 9.80 Å². The van der Waals surface area contributed by atoms with Gasteiger partial charge in [-0.25, -0.2) is 0 Å². The third-order valence-corrected chi connectivity index (χ3v) is 6.34. The van der Waals surface area contributed by atoms with Gasteiger partial charge in [0, 0.05) is 13.1 Å². The molecule has 2 aliphatic rings. The molecule has 168 valence electrons. The molecule has 0 unspecified atom stereocenters. The number of hydrogen-bond acceptors (Lipinski definition) is 6. The number of ether oxygens (including phenoxy) is 2. The Labute approximate surface area is 191 Å². The van der Waals surface area contributed by atoms with Crippen LogP contribution in [0, 0.1) is 0 Å². The highest BCUT2D eigenvalue weighted by Crippen LogP contribution is 2.39. The van der Waals surface area contributed by atoms with Crippen LogP contribution in [-0.4, -0.2) is 59.2 Å². The second-order valence-corrected chi connectivity index (χ2v) is 8.86. The van der Waals surface area contributed by atoms with Crippen LogP contribution in [0.5, 0.6) is 11.5 Å². The van der Waals surface area contributed by atoms with Gasteiger partial charge in [0.15, 0.2) is 11.5 Å². The van der Waals surface area contributed by atoms with Crippen LogP contribution in [-0.2, 0) is 9.59 Å². The predicted octanol–water partition coefficient (Wildman–Crippen LogP) is 4.57. The molecule has 0 aliphatic carbocycles. The minimum atomic E-state index is -0.475. The first kappa shape index (κ1) is 23.5. The molecule has 0 saturated carbocycles. The van der Waals surface area contributed by atoms with Gasteiger partial charge < -0.3 is 14.4 Å². The Morgan fingerprint density at radius 2 is 1.97 bits per heavy atom. The number of thioether (sulfide) groups is 1. The molecule has 0 spiro atoms. The fourth-order valence-electron chi connectivity index (χ4n) is 3.32. The fourth-order valence-corrected chi connectivity index (χ4v) is 4.42. The Morgan fingerprint density at radius 1 is 1.26 bits per heavy atom. The summed E-state index contributed by atoms with van der Waals surface area (Å²) in [6.07, 6.45) is 4.27. The molecular weight excluding hydrogens is 440 g/mol. The van der Waals surface area contributed by atoms with Crippen LogP contribution < -0.4 is 9.47 Å². The van der Waals surface area contributed by atoms with Crippen LogP contribution in [0.4, 0.5) is 4.79 Å². The van der Waals surface area contributed by atoms with Crippen molar-refractivity contribution in [3.63, 3.8) is 0 Å². The van der Waals surface area contributed by atoms with Crippen LogP contribution >= 0.6 is 23.4 Å². The molecule has 0 N–H and O–H groups in total. The number of carbonyl (C=O) groups is 3. The molecule has 0 bridgehead atoms. The maximum Gasteiger partial charge on any atom is 0.294 e. The van der Waals surface area contributed by atoms with E-state index in [1.807, 2.05) is 20.8 Å². The summed E-state index contributed by atoms with van der Waals surface area (Å²) in [7, 11) is 0. The second-order valence-electron chi connectivity index (χ2n) is 7.46. The standard InChI is InChI=1S/C22H27ClN2O5S/c1-4-14(3)30-20-16(23)10-15(11-17(20)29-5-2)12-18-21(27)25(22(28)31-18)13-19(26)24-8-6-7-9-24/h10-12,14H,4-9,13H2,1-3H3/b18-12+/t14-/m0/s1. The van der Waals surface area contributed by atoms with Gasteiger partial charge in [0.25, 0.3) is 11.1 Å². The third kappa shape index (κ3) is 5.54. The van der Waals surface area contributed by atoms with Gasteiger partial charge in [0.05, 0.1) is 22.6 Å². The van der Waals surface area contributed by atoms with Crippen LogP contribution in [0.1, 0.15) is 45.6 Å². The van der Waals surface area contributed by atoms with E-state index in [0.29, 0.717) is 41.8 Å². The van der Waals surface area contributed by atoms with E-state index in [9.17, 15) is 14.4 Å². The van der Waals surface area contributed by atoms with E-state index in [4.69, 9.17) is 21.1 Å². The first-order valence-electron chi connectivity index (χ1n) is 10.5. The molecule has 1 atom stereocenters. The van der Waals surface area contributed by atoms with E-state index in [-0.39, 0.29) is 23.5 Å². The Kier molecular flexibility index (Phi) is 7.89. The number of nitrogens with zero attached hydrogens (tertiary/aromatic N) is 2. The van der Waals surface area contributed by atoms with Crippen molar-refractivity contribution >= 4 is 46.5 Å². The van der Waals surface area contributed by atoms with Gasteiger partial charge in [0.2, 0.25) is 5.91 Å². The summed E-state index contributed by atoms with van der Waals surface area (Å²) >= 11 is 7.26. The number of hydrogen-bond donors (Lipinski definition) is 0. The SMILES string of the molecule is CCOc1cc(/C=C2/SC(=O)N(CC(=O)N3CCCC3)C2=O)cc(Cl)c1O[C@@H](C)CC. The zero-order chi connectivity index (χ0) is 22.5. The van der Waals surface area contributed by atoms with E-state index < -0.39 is 11.1 Å². The van der Waals surface area contributed by atoms with Crippen LogP contribution in [0.25, 0.3) is 6.08 Å². The number of likely N-dealkylation sites (tertiary alicyclic amines) is 1. The van der Waals surface area contributed by atoms with Gasteiger partial charge in [-0.2, -0.15) is 0 Å². The van der Waals surface area contributed by atoms with Crippen molar-refractivity contribution in [3.05, 3.63) is 27.6 Å². The molecule has 2 aliphatic heterocycles. The summed E-state index contributed by atoms with van der Waals surface area (Å²) < 4.78 is 11.6. The highest BCUT2D eigenvalue weighted by Gasteiger charge is 2.37. The van der Waals surface area contributed by atoms with E-state index >= 15 is 0 Å². The molecule has 2 fully saturated rings. The molecule has 7 nitrogen and oxygen atoms in total. The lowest BCUT2D eigenvalue weighted by molar-refractivity contribution is -0.135. The summed E-state index contributed by atoms with van der Waals surface area (Å²) in [5.41, 5.74) is 0.612. The van der Waals surface area contributed by atoms with Crippen molar-refractivity contribution in [2.75, 3.05) is 26.2 Å². The molecule has 1 aromatic rings. The largest absolute Gasteiger partial charge is 0.490 e. The van der Waals surface area contributed by atoms with E-state index in [1.54, 1.807) is 23.1 Å². The van der Waals surface area contributed by atoms with E-state index in [1.165, 1.54) is 0 Å². The summed E-state index contributed by atoms with van der Waals surface area (Å²) in [6.45, 7) is 7.36. The summed E-state index contributed by atoms with van der Waals surface area (Å²) in [6, 6.07) is 3.40. The van der Waals surface area contributed by atoms with Gasteiger partial charge in [-0.3, -0.25) is 19.3 Å². The van der Waals surface area contributed by atoms with Crippen molar-refractivity contribution in [2.24, 2.45) is 0 Å². The zero-order valence-corrected chi connectivity index (χ0v) is 19.6. The van der Waals surface area contributed by atoms with Crippen LogP contribution in [0.2, 0.25) is 5.02 Å². The van der Waals surface area contributed by atoms with Crippen LogP contribution in [0.15, 0.2) is 17.0 Å².